The molecule has 0 unspecified atom stereocenters. The quantitative estimate of drug-likeness (QED) is 0.831. The van der Waals surface area contributed by atoms with Gasteiger partial charge in [0.15, 0.2) is 0 Å². The van der Waals surface area contributed by atoms with Gasteiger partial charge in [0.1, 0.15) is 16.5 Å². The van der Waals surface area contributed by atoms with Crippen LogP contribution < -0.4 is 5.32 Å². The van der Waals surface area contributed by atoms with Crippen LogP contribution >= 0.6 is 11.3 Å². The second kappa shape index (κ2) is 6.30. The molecule has 0 saturated heterocycles. The van der Waals surface area contributed by atoms with Crippen LogP contribution in [0.25, 0.3) is 10.2 Å². The number of nitrogens with zero attached hydrogens (tertiary/aromatic N) is 2. The SMILES string of the molecule is CNc1nc(C2CCCCCCC2)nc2sc(C)c(C)c12. The molecule has 1 aliphatic carbocycles. The normalized spacial score (nSPS) is 17.7. The van der Waals surface area contributed by atoms with Crippen molar-refractivity contribution in [1.82, 2.24) is 9.97 Å². The van der Waals surface area contributed by atoms with Crippen molar-refractivity contribution in [2.75, 3.05) is 12.4 Å². The van der Waals surface area contributed by atoms with Gasteiger partial charge in [-0.15, -0.1) is 11.3 Å². The first-order valence-electron chi connectivity index (χ1n) is 8.16. The smallest absolute Gasteiger partial charge is 0.138 e. The molecule has 3 nitrogen and oxygen atoms in total. The Morgan fingerprint density at radius 2 is 1.67 bits per heavy atom. The molecule has 3 rings (SSSR count). The molecule has 0 spiro atoms. The molecule has 21 heavy (non-hydrogen) atoms. The van der Waals surface area contributed by atoms with Crippen LogP contribution in [-0.4, -0.2) is 17.0 Å². The Morgan fingerprint density at radius 3 is 2.33 bits per heavy atom. The summed E-state index contributed by atoms with van der Waals surface area (Å²) in [6.07, 6.45) is 9.28. The van der Waals surface area contributed by atoms with Gasteiger partial charge in [-0.2, -0.15) is 0 Å². The number of thiophene rings is 1. The molecule has 0 bridgehead atoms. The van der Waals surface area contributed by atoms with E-state index in [0.717, 1.165) is 16.5 Å². The summed E-state index contributed by atoms with van der Waals surface area (Å²) in [5, 5.41) is 4.50. The minimum Gasteiger partial charge on any atom is -0.372 e. The third-order valence-electron chi connectivity index (χ3n) is 4.75. The zero-order valence-corrected chi connectivity index (χ0v) is 14.1. The Bertz CT molecular complexity index is 624. The maximum Gasteiger partial charge on any atom is 0.138 e. The number of aryl methyl sites for hydroxylation is 2. The fraction of sp³-hybridized carbons (Fsp3) is 0.647. The molecule has 0 amide bonds. The number of aromatic nitrogens is 2. The third kappa shape index (κ3) is 2.91. The van der Waals surface area contributed by atoms with Gasteiger partial charge >= 0.3 is 0 Å². The number of hydrogen-bond donors (Lipinski definition) is 1. The molecular formula is C17H25N3S. The van der Waals surface area contributed by atoms with Crippen molar-refractivity contribution in [3.8, 4) is 0 Å². The van der Waals surface area contributed by atoms with Crippen LogP contribution in [0.5, 0.6) is 0 Å². The maximum atomic E-state index is 4.93. The molecule has 2 aromatic rings. The molecule has 0 radical (unpaired) electrons. The van der Waals surface area contributed by atoms with Gasteiger partial charge in [-0.1, -0.05) is 32.1 Å². The van der Waals surface area contributed by atoms with Gasteiger partial charge in [0.25, 0.3) is 0 Å². The fourth-order valence-electron chi connectivity index (χ4n) is 3.34. The summed E-state index contributed by atoms with van der Waals surface area (Å²) in [4.78, 5) is 12.3. The van der Waals surface area contributed by atoms with E-state index in [0.29, 0.717) is 5.92 Å². The Labute approximate surface area is 131 Å². The molecule has 1 fully saturated rings. The van der Waals surface area contributed by atoms with Gasteiger partial charge in [0.05, 0.1) is 5.39 Å². The van der Waals surface area contributed by atoms with E-state index >= 15 is 0 Å². The molecule has 0 aliphatic heterocycles. The van der Waals surface area contributed by atoms with Crippen molar-refractivity contribution in [1.29, 1.82) is 0 Å². The van der Waals surface area contributed by atoms with Gasteiger partial charge in [0.2, 0.25) is 0 Å². The second-order valence-corrected chi connectivity index (χ2v) is 7.39. The lowest BCUT2D eigenvalue weighted by molar-refractivity contribution is 0.443. The Morgan fingerprint density at radius 1 is 1.00 bits per heavy atom. The van der Waals surface area contributed by atoms with E-state index in [1.54, 1.807) is 11.3 Å². The summed E-state index contributed by atoms with van der Waals surface area (Å²) in [7, 11) is 1.97. The number of anilines is 1. The lowest BCUT2D eigenvalue weighted by Crippen LogP contribution is -2.08. The molecule has 1 aliphatic rings. The van der Waals surface area contributed by atoms with Crippen LogP contribution in [0, 0.1) is 13.8 Å². The summed E-state index contributed by atoms with van der Waals surface area (Å²) in [5.74, 6) is 2.62. The van der Waals surface area contributed by atoms with Gasteiger partial charge in [-0.05, 0) is 32.3 Å². The first-order chi connectivity index (χ1) is 10.2. The van der Waals surface area contributed by atoms with Gasteiger partial charge in [0, 0.05) is 17.8 Å². The van der Waals surface area contributed by atoms with E-state index in [9.17, 15) is 0 Å². The van der Waals surface area contributed by atoms with Crippen LogP contribution in [-0.2, 0) is 0 Å². The van der Waals surface area contributed by atoms with Crippen molar-refractivity contribution in [2.45, 2.75) is 64.7 Å². The van der Waals surface area contributed by atoms with Crippen molar-refractivity contribution >= 4 is 27.4 Å². The zero-order valence-electron chi connectivity index (χ0n) is 13.3. The van der Waals surface area contributed by atoms with Gasteiger partial charge < -0.3 is 5.32 Å². The first kappa shape index (κ1) is 14.8. The largest absolute Gasteiger partial charge is 0.372 e. The maximum absolute atomic E-state index is 4.93. The van der Waals surface area contributed by atoms with Crippen LogP contribution in [0.3, 0.4) is 0 Å². The number of hydrogen-bond acceptors (Lipinski definition) is 4. The number of fused-ring (bicyclic) bond motifs is 1. The summed E-state index contributed by atoms with van der Waals surface area (Å²) in [6.45, 7) is 4.35. The molecule has 2 heterocycles. The third-order valence-corrected chi connectivity index (χ3v) is 5.85. The average molecular weight is 303 g/mol. The van der Waals surface area contributed by atoms with Crippen LogP contribution in [0.15, 0.2) is 0 Å². The topological polar surface area (TPSA) is 37.8 Å². The van der Waals surface area contributed by atoms with Gasteiger partial charge in [-0.25, -0.2) is 9.97 Å². The predicted octanol–water partition coefficient (Wildman–Crippen LogP) is 5.18. The number of rotatable bonds is 2. The predicted molar refractivity (Wildman–Crippen MR) is 91.5 cm³/mol. The molecular weight excluding hydrogens is 278 g/mol. The molecule has 1 saturated carbocycles. The minimum absolute atomic E-state index is 0.546. The van der Waals surface area contributed by atoms with Crippen LogP contribution in [0.4, 0.5) is 5.82 Å². The molecule has 0 atom stereocenters. The molecule has 114 valence electrons. The van der Waals surface area contributed by atoms with E-state index in [1.165, 1.54) is 60.8 Å². The zero-order chi connectivity index (χ0) is 14.8. The van der Waals surface area contributed by atoms with Crippen LogP contribution in [0.1, 0.15) is 67.1 Å². The highest BCUT2D eigenvalue weighted by Crippen LogP contribution is 2.36. The first-order valence-corrected chi connectivity index (χ1v) is 8.97. The molecule has 2 aromatic heterocycles. The van der Waals surface area contributed by atoms with Crippen molar-refractivity contribution in [3.05, 3.63) is 16.3 Å². The Kier molecular flexibility index (Phi) is 4.43. The Hall–Kier alpha value is -1.16. The fourth-order valence-corrected chi connectivity index (χ4v) is 4.38. The lowest BCUT2D eigenvalue weighted by Gasteiger charge is -2.19. The van der Waals surface area contributed by atoms with Crippen LogP contribution in [0.2, 0.25) is 0 Å². The minimum atomic E-state index is 0.546. The highest BCUT2D eigenvalue weighted by molar-refractivity contribution is 7.18. The van der Waals surface area contributed by atoms with Crippen molar-refractivity contribution in [2.24, 2.45) is 0 Å². The highest BCUT2D eigenvalue weighted by atomic mass is 32.1. The summed E-state index contributed by atoms with van der Waals surface area (Å²) in [5.41, 5.74) is 1.32. The number of nitrogens with one attached hydrogen (secondary N) is 1. The molecule has 4 heteroatoms. The van der Waals surface area contributed by atoms with E-state index in [4.69, 9.17) is 9.97 Å². The summed E-state index contributed by atoms with van der Waals surface area (Å²) >= 11 is 1.80. The lowest BCUT2D eigenvalue weighted by atomic mass is 9.90. The van der Waals surface area contributed by atoms with Gasteiger partial charge in [-0.3, -0.25) is 0 Å². The second-order valence-electron chi connectivity index (χ2n) is 6.19. The Balaban J connectivity index is 2.02. The van der Waals surface area contributed by atoms with Crippen molar-refractivity contribution in [3.63, 3.8) is 0 Å². The standard InChI is InChI=1S/C17H25N3S/c1-11-12(2)21-17-14(11)16(18-3)19-15(20-17)13-9-7-5-4-6-8-10-13/h13H,4-10H2,1-3H3,(H,18,19,20). The highest BCUT2D eigenvalue weighted by Gasteiger charge is 2.20. The van der Waals surface area contributed by atoms with E-state index in [1.807, 2.05) is 7.05 Å². The average Bonchev–Trinajstić information content (AvgIpc) is 2.73. The molecule has 0 aromatic carbocycles. The monoisotopic (exact) mass is 303 g/mol. The summed E-state index contributed by atoms with van der Waals surface area (Å²) in [6, 6.07) is 0. The van der Waals surface area contributed by atoms with E-state index in [2.05, 4.69) is 19.2 Å². The molecule has 1 N–H and O–H groups in total. The van der Waals surface area contributed by atoms with E-state index in [-0.39, 0.29) is 0 Å². The van der Waals surface area contributed by atoms with E-state index < -0.39 is 0 Å². The summed E-state index contributed by atoms with van der Waals surface area (Å²) < 4.78 is 0. The van der Waals surface area contributed by atoms with Crippen molar-refractivity contribution < 1.29 is 0 Å².